The average molecular weight is 344 g/mol. The smallest absolute Gasteiger partial charge is 0.355 e. The van der Waals surface area contributed by atoms with Crippen molar-refractivity contribution in [2.75, 3.05) is 11.9 Å². The molecule has 0 aliphatic rings. The molecule has 1 aromatic carbocycles. The highest BCUT2D eigenvalue weighted by atomic mass is 19.4. The molecular formula is C17H23F3N2O2. The van der Waals surface area contributed by atoms with E-state index in [0.717, 1.165) is 30.7 Å². The monoisotopic (exact) mass is 344 g/mol. The summed E-state index contributed by atoms with van der Waals surface area (Å²) in [5.74, 6) is -0.578. The van der Waals surface area contributed by atoms with Crippen molar-refractivity contribution in [2.45, 2.75) is 40.3 Å². The summed E-state index contributed by atoms with van der Waals surface area (Å²) in [5, 5.41) is 5.18. The van der Waals surface area contributed by atoms with E-state index in [1.54, 1.807) is 0 Å². The molecule has 0 aliphatic carbocycles. The van der Waals surface area contributed by atoms with Gasteiger partial charge in [-0.2, -0.15) is 13.2 Å². The normalized spacial score (nSPS) is 12.2. The van der Waals surface area contributed by atoms with Gasteiger partial charge in [0.25, 0.3) is 0 Å². The van der Waals surface area contributed by atoms with Crippen LogP contribution in [0.1, 0.15) is 39.7 Å². The summed E-state index contributed by atoms with van der Waals surface area (Å²) in [6.07, 6.45) is -3.64. The van der Waals surface area contributed by atoms with Crippen LogP contribution in [-0.2, 0) is 15.8 Å². The fraction of sp³-hybridized carbons (Fsp3) is 0.529. The summed E-state index contributed by atoms with van der Waals surface area (Å²) < 4.78 is 37.5. The standard InChI is InChI=1S/C17H23F3N2O2/c1-11(2)9-10-21-14(23)16(3,4)15(24)22-13-7-5-12(6-8-13)17(18,19)20/h5-8,11H,9-10H2,1-4H3,(H,21,23)(H,22,24). The number of anilines is 1. The van der Waals surface area contributed by atoms with Gasteiger partial charge in [0.1, 0.15) is 5.41 Å². The van der Waals surface area contributed by atoms with E-state index in [4.69, 9.17) is 0 Å². The zero-order chi connectivity index (χ0) is 18.5. The van der Waals surface area contributed by atoms with Gasteiger partial charge in [-0.05, 0) is 50.5 Å². The predicted octanol–water partition coefficient (Wildman–Crippen LogP) is 3.83. The van der Waals surface area contributed by atoms with E-state index in [1.807, 2.05) is 13.8 Å². The van der Waals surface area contributed by atoms with Gasteiger partial charge in [-0.1, -0.05) is 13.8 Å². The van der Waals surface area contributed by atoms with Crippen molar-refractivity contribution in [3.63, 3.8) is 0 Å². The SMILES string of the molecule is CC(C)CCNC(=O)C(C)(C)C(=O)Nc1ccc(C(F)(F)F)cc1. The van der Waals surface area contributed by atoms with Crippen molar-refractivity contribution in [2.24, 2.45) is 11.3 Å². The van der Waals surface area contributed by atoms with Crippen molar-refractivity contribution in [3.8, 4) is 0 Å². The number of alkyl halides is 3. The molecular weight excluding hydrogens is 321 g/mol. The molecule has 4 nitrogen and oxygen atoms in total. The fourth-order valence-electron chi connectivity index (χ4n) is 1.83. The molecule has 0 heterocycles. The molecule has 0 fully saturated rings. The second-order valence-electron chi connectivity index (χ2n) is 6.59. The zero-order valence-electron chi connectivity index (χ0n) is 14.3. The van der Waals surface area contributed by atoms with E-state index in [-0.39, 0.29) is 5.69 Å². The maximum absolute atomic E-state index is 12.5. The minimum Gasteiger partial charge on any atom is -0.355 e. The molecule has 0 unspecified atom stereocenters. The number of carbonyl (C=O) groups excluding carboxylic acids is 2. The molecule has 0 saturated carbocycles. The first-order valence-corrected chi connectivity index (χ1v) is 7.71. The lowest BCUT2D eigenvalue weighted by molar-refractivity contribution is -0.139. The van der Waals surface area contributed by atoms with Crippen LogP contribution in [0.5, 0.6) is 0 Å². The van der Waals surface area contributed by atoms with Gasteiger partial charge in [0.15, 0.2) is 0 Å². The van der Waals surface area contributed by atoms with Crippen LogP contribution < -0.4 is 10.6 Å². The Kier molecular flexibility index (Phi) is 6.40. The third-order valence-corrected chi connectivity index (χ3v) is 3.61. The van der Waals surface area contributed by atoms with Crippen LogP contribution in [0, 0.1) is 11.3 Å². The number of halogens is 3. The van der Waals surface area contributed by atoms with Crippen LogP contribution in [0.15, 0.2) is 24.3 Å². The highest BCUT2D eigenvalue weighted by Crippen LogP contribution is 2.30. The maximum Gasteiger partial charge on any atom is 0.416 e. The number of rotatable bonds is 6. The van der Waals surface area contributed by atoms with E-state index in [0.29, 0.717) is 12.5 Å². The van der Waals surface area contributed by atoms with Crippen molar-refractivity contribution in [3.05, 3.63) is 29.8 Å². The first-order chi connectivity index (χ1) is 10.9. The summed E-state index contributed by atoms with van der Waals surface area (Å²) >= 11 is 0. The summed E-state index contributed by atoms with van der Waals surface area (Å²) in [4.78, 5) is 24.4. The van der Waals surface area contributed by atoms with Gasteiger partial charge in [0.05, 0.1) is 5.56 Å². The Bertz CT molecular complexity index is 578. The molecule has 2 N–H and O–H groups in total. The highest BCUT2D eigenvalue weighted by Gasteiger charge is 2.36. The topological polar surface area (TPSA) is 58.2 Å². The van der Waals surface area contributed by atoms with Crippen molar-refractivity contribution in [1.82, 2.24) is 5.32 Å². The van der Waals surface area contributed by atoms with Crippen LogP contribution in [-0.4, -0.2) is 18.4 Å². The molecule has 7 heteroatoms. The quantitative estimate of drug-likeness (QED) is 0.771. The van der Waals surface area contributed by atoms with Crippen molar-refractivity contribution < 1.29 is 22.8 Å². The van der Waals surface area contributed by atoms with Crippen molar-refractivity contribution >= 4 is 17.5 Å². The van der Waals surface area contributed by atoms with Gasteiger partial charge >= 0.3 is 6.18 Å². The molecule has 0 aromatic heterocycles. The molecule has 0 atom stereocenters. The number of hydrogen-bond acceptors (Lipinski definition) is 2. The van der Waals surface area contributed by atoms with Crippen molar-refractivity contribution in [1.29, 1.82) is 0 Å². The third kappa shape index (κ3) is 5.54. The van der Waals surface area contributed by atoms with E-state index >= 15 is 0 Å². The lowest BCUT2D eigenvalue weighted by atomic mass is 9.90. The number of amides is 2. The molecule has 2 amide bonds. The van der Waals surface area contributed by atoms with Gasteiger partial charge in [-0.25, -0.2) is 0 Å². The molecule has 0 aliphatic heterocycles. The first-order valence-electron chi connectivity index (χ1n) is 7.71. The van der Waals surface area contributed by atoms with Gasteiger partial charge in [0.2, 0.25) is 11.8 Å². The molecule has 0 spiro atoms. The third-order valence-electron chi connectivity index (χ3n) is 3.61. The maximum atomic E-state index is 12.5. The van der Waals surface area contributed by atoms with Crippen LogP contribution >= 0.6 is 0 Å². The van der Waals surface area contributed by atoms with E-state index in [9.17, 15) is 22.8 Å². The van der Waals surface area contributed by atoms with Gasteiger partial charge in [0, 0.05) is 12.2 Å². The van der Waals surface area contributed by atoms with Crippen LogP contribution in [0.3, 0.4) is 0 Å². The van der Waals surface area contributed by atoms with Crippen LogP contribution in [0.25, 0.3) is 0 Å². The predicted molar refractivity (Wildman–Crippen MR) is 86.3 cm³/mol. The zero-order valence-corrected chi connectivity index (χ0v) is 14.3. The Morgan fingerprint density at radius 1 is 1.04 bits per heavy atom. The second-order valence-corrected chi connectivity index (χ2v) is 6.59. The Hall–Kier alpha value is -2.05. The summed E-state index contributed by atoms with van der Waals surface area (Å²) in [6, 6.07) is 4.08. The van der Waals surface area contributed by atoms with Gasteiger partial charge in [-0.3, -0.25) is 9.59 Å². The Morgan fingerprint density at radius 3 is 2.04 bits per heavy atom. The molecule has 24 heavy (non-hydrogen) atoms. The lowest BCUT2D eigenvalue weighted by Gasteiger charge is -2.23. The molecule has 1 aromatic rings. The number of benzene rings is 1. The lowest BCUT2D eigenvalue weighted by Crippen LogP contribution is -2.45. The summed E-state index contributed by atoms with van der Waals surface area (Å²) in [5.41, 5.74) is -1.93. The number of hydrogen-bond donors (Lipinski definition) is 2. The average Bonchev–Trinajstić information content (AvgIpc) is 2.46. The fourth-order valence-corrected chi connectivity index (χ4v) is 1.83. The van der Waals surface area contributed by atoms with Crippen LogP contribution in [0.4, 0.5) is 18.9 Å². The molecule has 1 rings (SSSR count). The number of nitrogens with one attached hydrogen (secondary N) is 2. The summed E-state index contributed by atoms with van der Waals surface area (Å²) in [7, 11) is 0. The Morgan fingerprint density at radius 2 is 1.58 bits per heavy atom. The van der Waals surface area contributed by atoms with E-state index in [2.05, 4.69) is 10.6 Å². The van der Waals surface area contributed by atoms with Gasteiger partial charge in [-0.15, -0.1) is 0 Å². The van der Waals surface area contributed by atoms with Gasteiger partial charge < -0.3 is 10.6 Å². The second kappa shape index (κ2) is 7.68. The largest absolute Gasteiger partial charge is 0.416 e. The Balaban J connectivity index is 2.69. The minimum absolute atomic E-state index is 0.205. The first kappa shape index (κ1) is 20.0. The molecule has 0 radical (unpaired) electrons. The highest BCUT2D eigenvalue weighted by molar-refractivity contribution is 6.09. The minimum atomic E-state index is -4.43. The molecule has 134 valence electrons. The molecule has 0 bridgehead atoms. The van der Waals surface area contributed by atoms with Crippen LogP contribution in [0.2, 0.25) is 0 Å². The summed E-state index contributed by atoms with van der Waals surface area (Å²) in [6.45, 7) is 7.45. The number of carbonyl (C=O) groups is 2. The molecule has 0 saturated heterocycles. The van der Waals surface area contributed by atoms with E-state index < -0.39 is 29.0 Å². The Labute approximate surface area is 139 Å². The van der Waals surface area contributed by atoms with E-state index in [1.165, 1.54) is 13.8 Å².